The summed E-state index contributed by atoms with van der Waals surface area (Å²) in [5.41, 5.74) is 0.950. The van der Waals surface area contributed by atoms with Crippen LogP contribution in [0.3, 0.4) is 0 Å². The minimum absolute atomic E-state index is 0.0389. The molecule has 166 valence electrons. The molecule has 0 aliphatic carbocycles. The van der Waals surface area contributed by atoms with E-state index in [0.29, 0.717) is 31.8 Å². The van der Waals surface area contributed by atoms with E-state index in [1.807, 2.05) is 17.0 Å². The van der Waals surface area contributed by atoms with Crippen molar-refractivity contribution >= 4 is 22.6 Å². The number of carbonyl (C=O) groups excluding carboxylic acids is 1. The molecule has 0 bridgehead atoms. The highest BCUT2D eigenvalue weighted by molar-refractivity contribution is 7.09. The van der Waals surface area contributed by atoms with Gasteiger partial charge in [-0.15, -0.1) is 0 Å². The lowest BCUT2D eigenvalue weighted by Crippen LogP contribution is -2.31. The predicted molar refractivity (Wildman–Crippen MR) is 121 cm³/mol. The van der Waals surface area contributed by atoms with Gasteiger partial charge in [-0.2, -0.15) is 4.37 Å². The summed E-state index contributed by atoms with van der Waals surface area (Å²) in [6, 6.07) is 10.1. The molecule has 0 atom stereocenters. The highest BCUT2D eigenvalue weighted by atomic mass is 32.1. The fourth-order valence-electron chi connectivity index (χ4n) is 3.17. The molecule has 3 rings (SSSR count). The van der Waals surface area contributed by atoms with Crippen molar-refractivity contribution in [3.8, 4) is 0 Å². The van der Waals surface area contributed by atoms with Crippen LogP contribution in [0.4, 0.5) is 9.52 Å². The summed E-state index contributed by atoms with van der Waals surface area (Å²) in [5, 5.41) is 3.74. The van der Waals surface area contributed by atoms with Crippen molar-refractivity contribution in [1.29, 1.82) is 0 Å². The van der Waals surface area contributed by atoms with E-state index in [1.165, 1.54) is 36.5 Å². The summed E-state index contributed by atoms with van der Waals surface area (Å²) in [4.78, 5) is 18.9. The molecule has 0 aliphatic heterocycles. The van der Waals surface area contributed by atoms with Gasteiger partial charge in [0.2, 0.25) is 11.0 Å². The first kappa shape index (κ1) is 22.9. The first-order valence-corrected chi connectivity index (χ1v) is 11.5. The van der Waals surface area contributed by atoms with Crippen molar-refractivity contribution in [2.75, 3.05) is 18.0 Å². The van der Waals surface area contributed by atoms with Crippen molar-refractivity contribution < 1.29 is 13.6 Å². The van der Waals surface area contributed by atoms with Gasteiger partial charge in [-0.25, -0.2) is 9.37 Å². The minimum Gasteiger partial charge on any atom is -0.467 e. The van der Waals surface area contributed by atoms with Gasteiger partial charge in [-0.1, -0.05) is 38.3 Å². The monoisotopic (exact) mass is 444 g/mol. The first-order chi connectivity index (χ1) is 15.1. The zero-order valence-corrected chi connectivity index (χ0v) is 18.7. The number of hydrogen-bond donors (Lipinski definition) is 1. The summed E-state index contributed by atoms with van der Waals surface area (Å²) in [6.07, 6.45) is 7.08. The second-order valence-corrected chi connectivity index (χ2v) is 8.19. The number of nitrogens with one attached hydrogen (secondary N) is 1. The van der Waals surface area contributed by atoms with Crippen LogP contribution in [-0.4, -0.2) is 28.4 Å². The van der Waals surface area contributed by atoms with Gasteiger partial charge in [0.05, 0.1) is 12.8 Å². The highest BCUT2D eigenvalue weighted by Crippen LogP contribution is 2.22. The lowest BCUT2D eigenvalue weighted by Gasteiger charge is -2.20. The third-order valence-corrected chi connectivity index (χ3v) is 5.71. The number of amides is 1. The zero-order valence-electron chi connectivity index (χ0n) is 17.8. The molecule has 0 aliphatic rings. The van der Waals surface area contributed by atoms with Crippen LogP contribution in [0.1, 0.15) is 56.2 Å². The molecular formula is C23H29FN4O2S. The Morgan fingerprint density at radius 2 is 2.03 bits per heavy atom. The SMILES string of the molecule is CCCCCCNC(=O)CCN(Cc1ccco1)c1nc(Cc2ccc(F)cc2)ns1. The Balaban J connectivity index is 1.57. The number of hydrogen-bond acceptors (Lipinski definition) is 6. The topological polar surface area (TPSA) is 71.3 Å². The summed E-state index contributed by atoms with van der Waals surface area (Å²) < 4.78 is 23.1. The van der Waals surface area contributed by atoms with E-state index in [1.54, 1.807) is 18.4 Å². The van der Waals surface area contributed by atoms with Crippen molar-refractivity contribution in [3.63, 3.8) is 0 Å². The van der Waals surface area contributed by atoms with Crippen molar-refractivity contribution in [2.45, 2.75) is 52.0 Å². The molecule has 2 heterocycles. The number of unbranched alkanes of at least 4 members (excludes halogenated alkanes) is 3. The highest BCUT2D eigenvalue weighted by Gasteiger charge is 2.16. The Morgan fingerprint density at radius 1 is 1.19 bits per heavy atom. The van der Waals surface area contributed by atoms with Gasteiger partial charge in [-0.05, 0) is 36.2 Å². The van der Waals surface area contributed by atoms with E-state index in [9.17, 15) is 9.18 Å². The molecule has 0 saturated heterocycles. The summed E-state index contributed by atoms with van der Waals surface area (Å²) >= 11 is 1.30. The number of aromatic nitrogens is 2. The zero-order chi connectivity index (χ0) is 21.9. The van der Waals surface area contributed by atoms with Gasteiger partial charge in [0.15, 0.2) is 0 Å². The fraction of sp³-hybridized carbons (Fsp3) is 0.435. The summed E-state index contributed by atoms with van der Waals surface area (Å²) in [6.45, 7) is 3.93. The Morgan fingerprint density at radius 3 is 2.77 bits per heavy atom. The summed E-state index contributed by atoms with van der Waals surface area (Å²) in [7, 11) is 0. The molecule has 1 amide bonds. The molecular weight excluding hydrogens is 415 g/mol. The van der Waals surface area contributed by atoms with Crippen LogP contribution < -0.4 is 10.2 Å². The van der Waals surface area contributed by atoms with E-state index >= 15 is 0 Å². The van der Waals surface area contributed by atoms with Crippen molar-refractivity contribution in [1.82, 2.24) is 14.7 Å². The van der Waals surface area contributed by atoms with Gasteiger partial charge < -0.3 is 14.6 Å². The third kappa shape index (κ3) is 7.79. The number of rotatable bonds is 13. The molecule has 0 spiro atoms. The Bertz CT molecular complexity index is 912. The quantitative estimate of drug-likeness (QED) is 0.378. The van der Waals surface area contributed by atoms with Gasteiger partial charge in [0.1, 0.15) is 17.4 Å². The molecule has 8 heteroatoms. The largest absolute Gasteiger partial charge is 0.467 e. The number of benzene rings is 1. The van der Waals surface area contributed by atoms with E-state index < -0.39 is 0 Å². The predicted octanol–water partition coefficient (Wildman–Crippen LogP) is 4.95. The van der Waals surface area contributed by atoms with Crippen LogP contribution in [-0.2, 0) is 17.8 Å². The Hall–Kier alpha value is -2.74. The van der Waals surface area contributed by atoms with Crippen LogP contribution in [0.2, 0.25) is 0 Å². The maximum Gasteiger partial charge on any atom is 0.221 e. The molecule has 0 saturated carbocycles. The van der Waals surface area contributed by atoms with E-state index in [0.717, 1.165) is 35.8 Å². The second-order valence-electron chi connectivity index (χ2n) is 7.46. The molecule has 6 nitrogen and oxygen atoms in total. The average Bonchev–Trinajstić information content (AvgIpc) is 3.45. The van der Waals surface area contributed by atoms with Crippen LogP contribution in [0.5, 0.6) is 0 Å². The van der Waals surface area contributed by atoms with E-state index in [2.05, 4.69) is 21.6 Å². The summed E-state index contributed by atoms with van der Waals surface area (Å²) in [5.74, 6) is 1.26. The van der Waals surface area contributed by atoms with Crippen LogP contribution in [0.25, 0.3) is 0 Å². The minimum atomic E-state index is -0.260. The van der Waals surface area contributed by atoms with E-state index in [4.69, 9.17) is 4.42 Å². The molecule has 2 aromatic heterocycles. The van der Waals surface area contributed by atoms with Crippen LogP contribution in [0.15, 0.2) is 47.1 Å². The lowest BCUT2D eigenvalue weighted by atomic mass is 10.1. The number of nitrogens with zero attached hydrogens (tertiary/aromatic N) is 3. The molecule has 3 aromatic rings. The number of anilines is 1. The van der Waals surface area contributed by atoms with Gasteiger partial charge in [0, 0.05) is 37.5 Å². The van der Waals surface area contributed by atoms with Crippen molar-refractivity contribution in [2.24, 2.45) is 0 Å². The maximum atomic E-state index is 13.1. The Kier molecular flexibility index (Phi) is 9.02. The average molecular weight is 445 g/mol. The number of halogens is 1. The normalized spacial score (nSPS) is 10.9. The van der Waals surface area contributed by atoms with Gasteiger partial charge >= 0.3 is 0 Å². The standard InChI is InChI=1S/C23H29FN4O2S/c1-2-3-4-5-13-25-22(29)12-14-28(17-20-7-6-15-30-20)23-26-21(27-31-23)16-18-8-10-19(24)11-9-18/h6-11,15H,2-5,12-14,16-17H2,1H3,(H,25,29). The number of carbonyl (C=O) groups is 1. The molecule has 0 fully saturated rings. The molecule has 0 radical (unpaired) electrons. The van der Waals surface area contributed by atoms with Gasteiger partial charge in [0.25, 0.3) is 0 Å². The second kappa shape index (κ2) is 12.2. The van der Waals surface area contributed by atoms with Crippen molar-refractivity contribution in [3.05, 3.63) is 65.6 Å². The fourth-order valence-corrected chi connectivity index (χ4v) is 3.88. The molecule has 1 N–H and O–H groups in total. The lowest BCUT2D eigenvalue weighted by molar-refractivity contribution is -0.120. The van der Waals surface area contributed by atoms with Gasteiger partial charge in [-0.3, -0.25) is 4.79 Å². The number of furan rings is 1. The Labute approximate surface area is 186 Å². The molecule has 1 aromatic carbocycles. The first-order valence-electron chi connectivity index (χ1n) is 10.7. The third-order valence-electron chi connectivity index (χ3n) is 4.89. The van der Waals surface area contributed by atoms with Crippen LogP contribution >= 0.6 is 11.5 Å². The van der Waals surface area contributed by atoms with Crippen LogP contribution in [0, 0.1) is 5.82 Å². The van der Waals surface area contributed by atoms with E-state index in [-0.39, 0.29) is 11.7 Å². The molecule has 0 unspecified atom stereocenters. The maximum absolute atomic E-state index is 13.1. The molecule has 31 heavy (non-hydrogen) atoms. The smallest absolute Gasteiger partial charge is 0.221 e.